The molecule has 4 rings (SSSR count). The van der Waals surface area contributed by atoms with Crippen molar-refractivity contribution in [2.75, 3.05) is 0 Å². The number of amides is 1. The Morgan fingerprint density at radius 2 is 1.96 bits per heavy atom. The fourth-order valence-electron chi connectivity index (χ4n) is 3.13. The third kappa shape index (κ3) is 2.78. The number of carbonyl (C=O) groups excluding carboxylic acids is 1. The molecule has 126 valence electrons. The fourth-order valence-corrected chi connectivity index (χ4v) is 3.13. The van der Waals surface area contributed by atoms with E-state index in [0.717, 1.165) is 28.1 Å². The van der Waals surface area contributed by atoms with E-state index in [1.807, 2.05) is 62.5 Å². The van der Waals surface area contributed by atoms with Crippen molar-refractivity contribution in [1.29, 1.82) is 0 Å². The molecule has 1 aliphatic rings. The van der Waals surface area contributed by atoms with Crippen LogP contribution in [0.15, 0.2) is 48.5 Å². The first kappa shape index (κ1) is 15.4. The summed E-state index contributed by atoms with van der Waals surface area (Å²) < 4.78 is 7.56. The van der Waals surface area contributed by atoms with Crippen LogP contribution in [0.3, 0.4) is 0 Å². The van der Waals surface area contributed by atoms with Crippen LogP contribution in [-0.4, -0.2) is 15.7 Å². The Labute approximate surface area is 146 Å². The molecule has 3 aromatic rings. The Hall–Kier alpha value is -3.08. The number of fused-ring (bicyclic) bond motifs is 3. The van der Waals surface area contributed by atoms with Crippen LogP contribution in [0.5, 0.6) is 5.75 Å². The van der Waals surface area contributed by atoms with Crippen molar-refractivity contribution < 1.29 is 9.53 Å². The first-order valence-electron chi connectivity index (χ1n) is 8.25. The molecule has 0 radical (unpaired) electrons. The van der Waals surface area contributed by atoms with Crippen molar-refractivity contribution >= 4 is 5.91 Å². The van der Waals surface area contributed by atoms with Crippen LogP contribution < -0.4 is 10.1 Å². The number of benzene rings is 2. The number of rotatable bonds is 3. The summed E-state index contributed by atoms with van der Waals surface area (Å²) in [5.41, 5.74) is 5.44. The molecule has 0 fully saturated rings. The van der Waals surface area contributed by atoms with Gasteiger partial charge in [-0.05, 0) is 24.6 Å². The van der Waals surface area contributed by atoms with E-state index in [0.29, 0.717) is 18.8 Å². The smallest absolute Gasteiger partial charge is 0.272 e. The van der Waals surface area contributed by atoms with Crippen LogP contribution in [0, 0.1) is 6.92 Å². The van der Waals surface area contributed by atoms with Gasteiger partial charge in [0.05, 0.1) is 5.69 Å². The summed E-state index contributed by atoms with van der Waals surface area (Å²) in [7, 11) is 1.86. The molecule has 0 unspecified atom stereocenters. The Morgan fingerprint density at radius 1 is 1.20 bits per heavy atom. The lowest BCUT2D eigenvalue weighted by Gasteiger charge is -2.18. The predicted molar refractivity (Wildman–Crippen MR) is 95.3 cm³/mol. The van der Waals surface area contributed by atoms with E-state index >= 15 is 0 Å². The molecular weight excluding hydrogens is 314 g/mol. The molecule has 0 spiro atoms. The van der Waals surface area contributed by atoms with Crippen molar-refractivity contribution in [2.45, 2.75) is 20.1 Å². The van der Waals surface area contributed by atoms with Crippen LogP contribution >= 0.6 is 0 Å². The highest BCUT2D eigenvalue weighted by Crippen LogP contribution is 2.38. The maximum atomic E-state index is 12.6. The van der Waals surface area contributed by atoms with E-state index in [2.05, 4.69) is 10.4 Å². The number of aromatic nitrogens is 2. The molecule has 25 heavy (non-hydrogen) atoms. The summed E-state index contributed by atoms with van der Waals surface area (Å²) in [5.74, 6) is 0.644. The highest BCUT2D eigenvalue weighted by molar-refractivity contribution is 5.96. The van der Waals surface area contributed by atoms with Gasteiger partial charge in [-0.25, -0.2) is 0 Å². The molecule has 5 nitrogen and oxygen atoms in total. The lowest BCUT2D eigenvalue weighted by molar-refractivity contribution is 0.0942. The molecule has 0 aliphatic carbocycles. The normalized spacial score (nSPS) is 12.1. The van der Waals surface area contributed by atoms with Gasteiger partial charge < -0.3 is 10.1 Å². The topological polar surface area (TPSA) is 56.2 Å². The predicted octanol–water partition coefficient (Wildman–Crippen LogP) is 3.22. The van der Waals surface area contributed by atoms with Crippen molar-refractivity contribution in [3.63, 3.8) is 0 Å². The van der Waals surface area contributed by atoms with Gasteiger partial charge in [0.15, 0.2) is 5.69 Å². The van der Waals surface area contributed by atoms with Gasteiger partial charge in [0, 0.05) is 24.7 Å². The first-order valence-corrected chi connectivity index (χ1v) is 8.25. The minimum atomic E-state index is -0.180. The zero-order valence-corrected chi connectivity index (χ0v) is 14.2. The summed E-state index contributed by atoms with van der Waals surface area (Å²) in [4.78, 5) is 12.6. The summed E-state index contributed by atoms with van der Waals surface area (Å²) in [6.07, 6.45) is 0. The molecule has 0 atom stereocenters. The Bertz CT molecular complexity index is 942. The molecule has 1 aliphatic heterocycles. The molecule has 1 N–H and O–H groups in total. The number of carbonyl (C=O) groups is 1. The van der Waals surface area contributed by atoms with Gasteiger partial charge in [-0.2, -0.15) is 5.10 Å². The SMILES string of the molecule is Cc1ccc(CNC(=O)c2nn(C)c3c2COc2ccccc2-3)cc1. The first-order chi connectivity index (χ1) is 12.1. The maximum absolute atomic E-state index is 12.6. The number of hydrogen-bond donors (Lipinski definition) is 1. The Balaban J connectivity index is 1.60. The standard InChI is InChI=1S/C20H19N3O2/c1-13-7-9-14(10-8-13)11-21-20(24)18-16-12-25-17-6-4-3-5-15(17)19(16)23(2)22-18/h3-10H,11-12H2,1-2H3,(H,21,24). The molecule has 0 bridgehead atoms. The van der Waals surface area contributed by atoms with Gasteiger partial charge in [-0.15, -0.1) is 0 Å². The second kappa shape index (κ2) is 6.09. The van der Waals surface area contributed by atoms with E-state index in [-0.39, 0.29) is 5.91 Å². The Morgan fingerprint density at radius 3 is 2.76 bits per heavy atom. The highest BCUT2D eigenvalue weighted by atomic mass is 16.5. The summed E-state index contributed by atoms with van der Waals surface area (Å²) in [6, 6.07) is 15.9. The number of hydrogen-bond acceptors (Lipinski definition) is 3. The van der Waals surface area contributed by atoms with Gasteiger partial charge in [0.1, 0.15) is 12.4 Å². The lowest BCUT2D eigenvalue weighted by Crippen LogP contribution is -2.25. The van der Waals surface area contributed by atoms with Gasteiger partial charge in [-0.1, -0.05) is 42.0 Å². The average molecular weight is 333 g/mol. The van der Waals surface area contributed by atoms with Crippen molar-refractivity contribution in [1.82, 2.24) is 15.1 Å². The van der Waals surface area contributed by atoms with Crippen LogP contribution in [-0.2, 0) is 20.2 Å². The fraction of sp³-hybridized carbons (Fsp3) is 0.200. The van der Waals surface area contributed by atoms with Crippen LogP contribution in [0.4, 0.5) is 0 Å². The third-order valence-corrected chi connectivity index (χ3v) is 4.45. The van der Waals surface area contributed by atoms with E-state index < -0.39 is 0 Å². The van der Waals surface area contributed by atoms with Gasteiger partial charge in [0.25, 0.3) is 5.91 Å². The summed E-state index contributed by atoms with van der Waals surface area (Å²) >= 11 is 0. The molecule has 1 amide bonds. The lowest BCUT2D eigenvalue weighted by atomic mass is 10.0. The molecule has 2 heterocycles. The zero-order chi connectivity index (χ0) is 17.4. The molecular formula is C20H19N3O2. The van der Waals surface area contributed by atoms with Crippen molar-refractivity contribution in [3.8, 4) is 17.0 Å². The van der Waals surface area contributed by atoms with E-state index in [9.17, 15) is 4.79 Å². The minimum absolute atomic E-state index is 0.180. The number of ether oxygens (including phenoxy) is 1. The molecule has 0 saturated carbocycles. The third-order valence-electron chi connectivity index (χ3n) is 4.45. The maximum Gasteiger partial charge on any atom is 0.272 e. The molecule has 2 aromatic carbocycles. The highest BCUT2D eigenvalue weighted by Gasteiger charge is 2.27. The number of para-hydroxylation sites is 1. The van der Waals surface area contributed by atoms with Crippen LogP contribution in [0.2, 0.25) is 0 Å². The Kier molecular flexibility index (Phi) is 3.76. The number of nitrogens with zero attached hydrogens (tertiary/aromatic N) is 2. The van der Waals surface area contributed by atoms with E-state index in [1.165, 1.54) is 5.56 Å². The largest absolute Gasteiger partial charge is 0.488 e. The van der Waals surface area contributed by atoms with Crippen molar-refractivity contribution in [2.24, 2.45) is 7.05 Å². The van der Waals surface area contributed by atoms with Gasteiger partial charge in [0.2, 0.25) is 0 Å². The van der Waals surface area contributed by atoms with E-state index in [4.69, 9.17) is 4.74 Å². The second-order valence-corrected chi connectivity index (χ2v) is 6.25. The summed E-state index contributed by atoms with van der Waals surface area (Å²) in [5, 5.41) is 7.39. The second-order valence-electron chi connectivity index (χ2n) is 6.25. The summed E-state index contributed by atoms with van der Waals surface area (Å²) in [6.45, 7) is 2.87. The number of aryl methyl sites for hydroxylation is 2. The average Bonchev–Trinajstić information content (AvgIpc) is 2.98. The minimum Gasteiger partial charge on any atom is -0.488 e. The molecule has 1 aromatic heterocycles. The quantitative estimate of drug-likeness (QED) is 0.801. The van der Waals surface area contributed by atoms with Crippen molar-refractivity contribution in [3.05, 3.63) is 70.9 Å². The van der Waals surface area contributed by atoms with Gasteiger partial charge in [-0.3, -0.25) is 9.48 Å². The number of nitrogens with one attached hydrogen (secondary N) is 1. The van der Waals surface area contributed by atoms with Crippen LogP contribution in [0.25, 0.3) is 11.3 Å². The zero-order valence-electron chi connectivity index (χ0n) is 14.2. The monoisotopic (exact) mass is 333 g/mol. The molecule has 5 heteroatoms. The van der Waals surface area contributed by atoms with Crippen LogP contribution in [0.1, 0.15) is 27.2 Å². The van der Waals surface area contributed by atoms with Gasteiger partial charge >= 0.3 is 0 Å². The molecule has 0 saturated heterocycles. The van der Waals surface area contributed by atoms with E-state index in [1.54, 1.807) is 4.68 Å².